The number of carboxylic acid groups (broad SMARTS) is 1. The van der Waals surface area contributed by atoms with Gasteiger partial charge < -0.3 is 5.11 Å². The minimum Gasteiger partial charge on any atom is -0.481 e. The van der Waals surface area contributed by atoms with Gasteiger partial charge in [-0.3, -0.25) is 9.20 Å². The highest BCUT2D eigenvalue weighted by Gasteiger charge is 2.12. The van der Waals surface area contributed by atoms with Crippen LogP contribution in [0.4, 0.5) is 0 Å². The molecule has 2 aromatic heterocycles. The number of aryl methyl sites for hydroxylation is 1. The van der Waals surface area contributed by atoms with E-state index in [0.717, 1.165) is 5.52 Å². The number of hydrogen-bond donors (Lipinski definition) is 1. The van der Waals surface area contributed by atoms with Crippen molar-refractivity contribution in [3.05, 3.63) is 33.8 Å². The zero-order valence-electron chi connectivity index (χ0n) is 8.15. The summed E-state index contributed by atoms with van der Waals surface area (Å²) < 4.78 is 2.42. The summed E-state index contributed by atoms with van der Waals surface area (Å²) in [6.45, 7) is 0. The summed E-state index contributed by atoms with van der Waals surface area (Å²) in [6.07, 6.45) is 0.391. The van der Waals surface area contributed by atoms with Crippen LogP contribution in [0.1, 0.15) is 12.2 Å². The highest BCUT2D eigenvalue weighted by molar-refractivity contribution is 9.10. The molecule has 6 heteroatoms. The molecule has 0 aliphatic carbocycles. The molecule has 1 N–H and O–H groups in total. The second-order valence-electron chi connectivity index (χ2n) is 3.28. The average molecular weight is 304 g/mol. The van der Waals surface area contributed by atoms with Crippen molar-refractivity contribution >= 4 is 39.0 Å². The van der Waals surface area contributed by atoms with Crippen LogP contribution >= 0.6 is 27.5 Å². The van der Waals surface area contributed by atoms with Crippen LogP contribution in [0.5, 0.6) is 0 Å². The van der Waals surface area contributed by atoms with E-state index in [-0.39, 0.29) is 6.42 Å². The second-order valence-corrected chi connectivity index (χ2v) is 4.42. The number of halogens is 2. The zero-order valence-corrected chi connectivity index (χ0v) is 10.5. The Morgan fingerprint density at radius 1 is 1.56 bits per heavy atom. The minimum atomic E-state index is -0.847. The van der Waals surface area contributed by atoms with Crippen molar-refractivity contribution in [2.75, 3.05) is 0 Å². The first-order chi connectivity index (χ1) is 7.59. The fourth-order valence-electron chi connectivity index (χ4n) is 1.51. The van der Waals surface area contributed by atoms with E-state index in [9.17, 15) is 4.79 Å². The number of aromatic nitrogens is 2. The van der Waals surface area contributed by atoms with Gasteiger partial charge >= 0.3 is 5.97 Å². The molecule has 0 radical (unpaired) electrons. The SMILES string of the molecule is O=C(O)CCc1nc(Br)c2cccc(Cl)n12. The lowest BCUT2D eigenvalue weighted by molar-refractivity contribution is -0.137. The van der Waals surface area contributed by atoms with Crippen LogP contribution in [0.3, 0.4) is 0 Å². The molecule has 2 aromatic rings. The number of rotatable bonds is 3. The Bertz CT molecular complexity index is 553. The maximum atomic E-state index is 10.5. The molecule has 0 saturated heterocycles. The first kappa shape index (κ1) is 11.4. The van der Waals surface area contributed by atoms with Gasteiger partial charge in [0.15, 0.2) is 0 Å². The molecule has 0 atom stereocenters. The van der Waals surface area contributed by atoms with Crippen molar-refractivity contribution in [2.24, 2.45) is 0 Å². The predicted molar refractivity (Wildman–Crippen MR) is 63.9 cm³/mol. The topological polar surface area (TPSA) is 54.6 Å². The van der Waals surface area contributed by atoms with Gasteiger partial charge in [0.2, 0.25) is 0 Å². The molecule has 0 bridgehead atoms. The maximum Gasteiger partial charge on any atom is 0.303 e. The van der Waals surface area contributed by atoms with E-state index in [4.69, 9.17) is 16.7 Å². The van der Waals surface area contributed by atoms with E-state index < -0.39 is 5.97 Å². The van der Waals surface area contributed by atoms with Gasteiger partial charge in [0.05, 0.1) is 11.9 Å². The van der Waals surface area contributed by atoms with Crippen LogP contribution < -0.4 is 0 Å². The third kappa shape index (κ3) is 2.05. The van der Waals surface area contributed by atoms with Crippen molar-refractivity contribution in [1.82, 2.24) is 9.38 Å². The Morgan fingerprint density at radius 2 is 2.31 bits per heavy atom. The lowest BCUT2D eigenvalue weighted by atomic mass is 10.3. The fourth-order valence-corrected chi connectivity index (χ4v) is 2.29. The van der Waals surface area contributed by atoms with Crippen molar-refractivity contribution in [3.63, 3.8) is 0 Å². The molecule has 0 aliphatic rings. The van der Waals surface area contributed by atoms with Crippen molar-refractivity contribution in [3.8, 4) is 0 Å². The summed E-state index contributed by atoms with van der Waals surface area (Å²) in [5.74, 6) is -0.199. The molecule has 0 amide bonds. The smallest absolute Gasteiger partial charge is 0.303 e. The quantitative estimate of drug-likeness (QED) is 0.887. The lowest BCUT2D eigenvalue weighted by Crippen LogP contribution is -2.01. The van der Waals surface area contributed by atoms with Gasteiger partial charge in [-0.05, 0) is 28.1 Å². The molecule has 0 spiro atoms. The van der Waals surface area contributed by atoms with Crippen LogP contribution in [0.25, 0.3) is 5.52 Å². The van der Waals surface area contributed by atoms with E-state index in [0.29, 0.717) is 22.0 Å². The molecule has 84 valence electrons. The van der Waals surface area contributed by atoms with Gasteiger partial charge in [-0.15, -0.1) is 0 Å². The summed E-state index contributed by atoms with van der Waals surface area (Å²) in [6, 6.07) is 5.44. The second kappa shape index (κ2) is 4.43. The van der Waals surface area contributed by atoms with E-state index in [1.807, 2.05) is 12.1 Å². The molecule has 2 rings (SSSR count). The number of imidazole rings is 1. The summed E-state index contributed by atoms with van der Waals surface area (Å²) in [4.78, 5) is 14.8. The molecule has 4 nitrogen and oxygen atoms in total. The number of nitrogens with zero attached hydrogens (tertiary/aromatic N) is 2. The molecular formula is C10H8BrClN2O2. The normalized spacial score (nSPS) is 10.9. The number of carboxylic acids is 1. The van der Waals surface area contributed by atoms with Crippen LogP contribution in [0, 0.1) is 0 Å². The van der Waals surface area contributed by atoms with Crippen LogP contribution in [0.15, 0.2) is 22.8 Å². The number of fused-ring (bicyclic) bond motifs is 1. The molecule has 0 fully saturated rings. The summed E-state index contributed by atoms with van der Waals surface area (Å²) in [5, 5.41) is 9.17. The van der Waals surface area contributed by atoms with Crippen LogP contribution in [0.2, 0.25) is 5.15 Å². The monoisotopic (exact) mass is 302 g/mol. The summed E-state index contributed by atoms with van der Waals surface area (Å²) >= 11 is 9.37. The highest BCUT2D eigenvalue weighted by Crippen LogP contribution is 2.23. The number of pyridine rings is 1. The third-order valence-corrected chi connectivity index (χ3v) is 3.08. The Balaban J connectivity index is 2.49. The molecular weight excluding hydrogens is 295 g/mol. The van der Waals surface area contributed by atoms with Gasteiger partial charge in [0.25, 0.3) is 0 Å². The van der Waals surface area contributed by atoms with E-state index in [1.165, 1.54) is 0 Å². The molecule has 0 aromatic carbocycles. The van der Waals surface area contributed by atoms with E-state index >= 15 is 0 Å². The van der Waals surface area contributed by atoms with Gasteiger partial charge in [0.1, 0.15) is 15.6 Å². The van der Waals surface area contributed by atoms with Gasteiger partial charge in [-0.2, -0.15) is 0 Å². The fraction of sp³-hybridized carbons (Fsp3) is 0.200. The standard InChI is InChI=1S/C10H8BrClN2O2/c11-10-6-2-1-3-7(12)14(6)8(13-10)4-5-9(15)16/h1-3H,4-5H2,(H,15,16). The Morgan fingerprint density at radius 3 is 3.00 bits per heavy atom. The third-order valence-electron chi connectivity index (χ3n) is 2.20. The van der Waals surface area contributed by atoms with Gasteiger partial charge in [-0.1, -0.05) is 17.7 Å². The van der Waals surface area contributed by atoms with E-state index in [1.54, 1.807) is 10.5 Å². The van der Waals surface area contributed by atoms with Crippen molar-refractivity contribution < 1.29 is 9.90 Å². The zero-order chi connectivity index (χ0) is 11.7. The van der Waals surface area contributed by atoms with Crippen LogP contribution in [-0.2, 0) is 11.2 Å². The Kier molecular flexibility index (Phi) is 3.16. The first-order valence-corrected chi connectivity index (χ1v) is 5.80. The van der Waals surface area contributed by atoms with Crippen LogP contribution in [-0.4, -0.2) is 20.5 Å². The number of aliphatic carboxylic acids is 1. The highest BCUT2D eigenvalue weighted by atomic mass is 79.9. The number of carbonyl (C=O) groups is 1. The van der Waals surface area contributed by atoms with Crippen molar-refractivity contribution in [1.29, 1.82) is 0 Å². The minimum absolute atomic E-state index is 0.0385. The Labute approximate surface area is 105 Å². The van der Waals surface area contributed by atoms with Crippen molar-refractivity contribution in [2.45, 2.75) is 12.8 Å². The molecule has 0 saturated carbocycles. The van der Waals surface area contributed by atoms with Gasteiger partial charge in [0, 0.05) is 6.42 Å². The predicted octanol–water partition coefficient (Wildman–Crippen LogP) is 2.77. The first-order valence-electron chi connectivity index (χ1n) is 4.62. The lowest BCUT2D eigenvalue weighted by Gasteiger charge is -2.01. The van der Waals surface area contributed by atoms with Gasteiger partial charge in [-0.25, -0.2) is 4.98 Å². The molecule has 16 heavy (non-hydrogen) atoms. The maximum absolute atomic E-state index is 10.5. The number of hydrogen-bond acceptors (Lipinski definition) is 2. The molecule has 0 unspecified atom stereocenters. The average Bonchev–Trinajstić information content (AvgIpc) is 2.55. The summed E-state index contributed by atoms with van der Waals surface area (Å²) in [7, 11) is 0. The van der Waals surface area contributed by atoms with E-state index in [2.05, 4.69) is 20.9 Å². The Hall–Kier alpha value is -1.07. The largest absolute Gasteiger partial charge is 0.481 e. The molecule has 0 aliphatic heterocycles. The summed E-state index contributed by atoms with van der Waals surface area (Å²) in [5.41, 5.74) is 0.841. The molecule has 2 heterocycles.